The van der Waals surface area contributed by atoms with E-state index in [-0.39, 0.29) is 5.69 Å². The molecule has 1 aromatic heterocycles. The predicted molar refractivity (Wildman–Crippen MR) is 82.9 cm³/mol. The Kier molecular flexibility index (Phi) is 3.13. The first-order valence-electron chi connectivity index (χ1n) is 6.76. The Hall–Kier alpha value is -2.42. The molecule has 0 amide bonds. The molecule has 0 bridgehead atoms. The van der Waals surface area contributed by atoms with Crippen molar-refractivity contribution in [3.05, 3.63) is 60.3 Å². The van der Waals surface area contributed by atoms with Crippen LogP contribution < -0.4 is 0 Å². The minimum atomic E-state index is -9.66. The Morgan fingerprint density at radius 3 is 2.17 bits per heavy atom. The Morgan fingerprint density at radius 1 is 0.917 bits per heavy atom. The summed E-state index contributed by atoms with van der Waals surface area (Å²) in [6, 6.07) is 10.0. The number of aromatic nitrogens is 3. The van der Waals surface area contributed by atoms with E-state index < -0.39 is 15.1 Å². The normalized spacial score (nSPS) is 14.9. The lowest BCUT2D eigenvalue weighted by Gasteiger charge is -2.40. The van der Waals surface area contributed by atoms with E-state index >= 15 is 0 Å². The van der Waals surface area contributed by atoms with E-state index in [0.29, 0.717) is 17.8 Å². The maximum absolute atomic E-state index is 12.7. The highest BCUT2D eigenvalue weighted by Gasteiger charge is 2.65. The fraction of sp³-hybridized carbons (Fsp3) is 0.0667. The number of hydrogen-bond donors (Lipinski definition) is 0. The van der Waals surface area contributed by atoms with Crippen LogP contribution in [0.3, 0.4) is 0 Å². The van der Waals surface area contributed by atoms with Crippen molar-refractivity contribution in [3.63, 3.8) is 0 Å². The molecular formula is C15H12F5N3S. The van der Waals surface area contributed by atoms with Crippen molar-refractivity contribution in [1.82, 2.24) is 15.0 Å². The smallest absolute Gasteiger partial charge is 0.220 e. The number of halogens is 5. The lowest BCUT2D eigenvalue weighted by atomic mass is 10.1. The van der Waals surface area contributed by atoms with Crippen molar-refractivity contribution >= 4 is 10.2 Å². The van der Waals surface area contributed by atoms with Crippen LogP contribution in [0.5, 0.6) is 0 Å². The van der Waals surface area contributed by atoms with Crippen LogP contribution in [0, 0.1) is 6.92 Å². The van der Waals surface area contributed by atoms with E-state index in [9.17, 15) is 19.4 Å². The summed E-state index contributed by atoms with van der Waals surface area (Å²) in [7, 11) is -9.66. The number of benzene rings is 2. The number of aryl methyl sites for hydroxylation is 1. The summed E-state index contributed by atoms with van der Waals surface area (Å²) in [4.78, 5) is -1.93. The molecular weight excluding hydrogens is 349 g/mol. The van der Waals surface area contributed by atoms with E-state index in [2.05, 4.69) is 10.3 Å². The van der Waals surface area contributed by atoms with Crippen molar-refractivity contribution in [2.24, 2.45) is 0 Å². The minimum absolute atomic E-state index is 0.201. The van der Waals surface area contributed by atoms with Crippen molar-refractivity contribution in [1.29, 1.82) is 0 Å². The van der Waals surface area contributed by atoms with Gasteiger partial charge in [0, 0.05) is 5.56 Å². The molecule has 0 aliphatic rings. The predicted octanol–water partition coefficient (Wildman–Crippen LogP) is 5.90. The van der Waals surface area contributed by atoms with Gasteiger partial charge in [-0.3, -0.25) is 0 Å². The lowest BCUT2D eigenvalue weighted by Crippen LogP contribution is -2.06. The maximum Gasteiger partial charge on any atom is 0.310 e. The number of rotatable bonds is 3. The van der Waals surface area contributed by atoms with Crippen LogP contribution >= 0.6 is 10.2 Å². The molecule has 3 aromatic rings. The van der Waals surface area contributed by atoms with Gasteiger partial charge in [-0.05, 0) is 37.3 Å². The summed E-state index contributed by atoms with van der Waals surface area (Å²) in [6.45, 7) is 1.91. The highest BCUT2D eigenvalue weighted by Crippen LogP contribution is 3.02. The molecule has 0 radical (unpaired) electrons. The average Bonchev–Trinajstić information content (AvgIpc) is 2.95. The van der Waals surface area contributed by atoms with Gasteiger partial charge in [-0.25, -0.2) is 4.68 Å². The van der Waals surface area contributed by atoms with Crippen molar-refractivity contribution in [3.8, 4) is 16.9 Å². The second-order valence-electron chi connectivity index (χ2n) is 5.38. The van der Waals surface area contributed by atoms with Crippen LogP contribution in [-0.2, 0) is 0 Å². The van der Waals surface area contributed by atoms with E-state index in [4.69, 9.17) is 0 Å². The molecule has 0 aliphatic heterocycles. The SMILES string of the molecule is Cc1cccc(-c2cn(-c3ccc(S(F)(F)(F)(F)F)cc3)nn2)c1. The molecule has 2 aromatic carbocycles. The zero-order valence-corrected chi connectivity index (χ0v) is 13.2. The molecule has 0 spiro atoms. The second kappa shape index (κ2) is 4.56. The van der Waals surface area contributed by atoms with Crippen molar-refractivity contribution in [2.75, 3.05) is 0 Å². The summed E-state index contributed by atoms with van der Waals surface area (Å²) in [5.74, 6) is 0. The van der Waals surface area contributed by atoms with Gasteiger partial charge in [0.05, 0.1) is 11.9 Å². The Labute approximate surface area is 134 Å². The van der Waals surface area contributed by atoms with Crippen LogP contribution in [0.4, 0.5) is 19.4 Å². The first kappa shape index (κ1) is 16.4. The van der Waals surface area contributed by atoms with Crippen LogP contribution in [-0.4, -0.2) is 15.0 Å². The molecule has 0 N–H and O–H groups in total. The molecule has 0 unspecified atom stereocenters. The van der Waals surface area contributed by atoms with E-state index in [1.54, 1.807) is 0 Å². The van der Waals surface area contributed by atoms with E-state index in [0.717, 1.165) is 23.3 Å². The summed E-state index contributed by atoms with van der Waals surface area (Å²) < 4.78 is 64.8. The third-order valence-corrected chi connectivity index (χ3v) is 4.52. The van der Waals surface area contributed by atoms with Gasteiger partial charge >= 0.3 is 10.2 Å². The molecule has 0 fully saturated rings. The molecule has 3 nitrogen and oxygen atoms in total. The van der Waals surface area contributed by atoms with E-state index in [1.807, 2.05) is 31.2 Å². The van der Waals surface area contributed by atoms with Crippen LogP contribution in [0.15, 0.2) is 59.6 Å². The molecule has 1 heterocycles. The van der Waals surface area contributed by atoms with Gasteiger partial charge in [0.1, 0.15) is 10.6 Å². The molecule has 0 atom stereocenters. The molecule has 128 valence electrons. The minimum Gasteiger partial charge on any atom is -0.220 e. The van der Waals surface area contributed by atoms with Gasteiger partial charge in [0.25, 0.3) is 0 Å². The Morgan fingerprint density at radius 2 is 1.58 bits per heavy atom. The van der Waals surface area contributed by atoms with Gasteiger partial charge in [-0.1, -0.05) is 48.4 Å². The van der Waals surface area contributed by atoms with Crippen LogP contribution in [0.2, 0.25) is 0 Å². The first-order valence-corrected chi connectivity index (χ1v) is 8.71. The second-order valence-corrected chi connectivity index (χ2v) is 7.79. The molecule has 0 aliphatic carbocycles. The standard InChI is InChI=1S/C15H12F5N3S/c1-11-3-2-4-12(9-11)15-10-23(22-21-15)13-5-7-14(8-6-13)24(16,17,18,19)20/h2-10H,1H3. The van der Waals surface area contributed by atoms with Crippen LogP contribution in [0.1, 0.15) is 5.56 Å². The van der Waals surface area contributed by atoms with Crippen LogP contribution in [0.25, 0.3) is 16.9 Å². The highest BCUT2D eigenvalue weighted by molar-refractivity contribution is 8.45. The largest absolute Gasteiger partial charge is 0.310 e. The third-order valence-electron chi connectivity index (χ3n) is 3.35. The Bertz CT molecular complexity index is 901. The topological polar surface area (TPSA) is 30.7 Å². The van der Waals surface area contributed by atoms with Gasteiger partial charge in [0.15, 0.2) is 0 Å². The van der Waals surface area contributed by atoms with Gasteiger partial charge < -0.3 is 0 Å². The number of hydrogen-bond acceptors (Lipinski definition) is 2. The quantitative estimate of drug-likeness (QED) is 0.544. The first-order chi connectivity index (χ1) is 10.9. The van der Waals surface area contributed by atoms with Gasteiger partial charge in [0.2, 0.25) is 0 Å². The van der Waals surface area contributed by atoms with E-state index in [1.165, 1.54) is 10.9 Å². The third kappa shape index (κ3) is 3.40. The van der Waals surface area contributed by atoms with Crippen molar-refractivity contribution < 1.29 is 19.4 Å². The lowest BCUT2D eigenvalue weighted by molar-refractivity contribution is 0.364. The fourth-order valence-electron chi connectivity index (χ4n) is 2.18. The molecule has 0 saturated carbocycles. The monoisotopic (exact) mass is 361 g/mol. The summed E-state index contributed by atoms with van der Waals surface area (Å²) in [5, 5.41) is 7.78. The average molecular weight is 361 g/mol. The van der Waals surface area contributed by atoms with Gasteiger partial charge in [-0.15, -0.1) is 5.10 Å². The Balaban J connectivity index is 1.94. The molecule has 24 heavy (non-hydrogen) atoms. The summed E-state index contributed by atoms with van der Waals surface area (Å²) in [5.41, 5.74) is 2.54. The van der Waals surface area contributed by atoms with Crippen molar-refractivity contribution in [2.45, 2.75) is 11.8 Å². The highest BCUT2D eigenvalue weighted by atomic mass is 32.5. The molecule has 3 rings (SSSR count). The summed E-state index contributed by atoms with van der Waals surface area (Å²) >= 11 is 0. The molecule has 9 heteroatoms. The number of nitrogens with zero attached hydrogens (tertiary/aromatic N) is 3. The maximum atomic E-state index is 12.7. The fourth-order valence-corrected chi connectivity index (χ4v) is 2.83. The zero-order chi connectivity index (χ0) is 17.7. The zero-order valence-electron chi connectivity index (χ0n) is 12.3. The molecule has 0 saturated heterocycles. The summed E-state index contributed by atoms with van der Waals surface area (Å²) in [6.07, 6.45) is 1.52. The van der Waals surface area contributed by atoms with Gasteiger partial charge in [-0.2, -0.15) is 0 Å².